The molecule has 1 amide bonds. The van der Waals surface area contributed by atoms with Gasteiger partial charge < -0.3 is 14.8 Å². The molecule has 2 aromatic rings. The van der Waals surface area contributed by atoms with Gasteiger partial charge >= 0.3 is 6.09 Å². The minimum atomic E-state index is -0.506. The summed E-state index contributed by atoms with van der Waals surface area (Å²) in [5.74, 6) is 1.51. The lowest BCUT2D eigenvalue weighted by Crippen LogP contribution is -2.29. The van der Waals surface area contributed by atoms with E-state index in [-0.39, 0.29) is 12.5 Å². The first-order valence-electron chi connectivity index (χ1n) is 8.42. The molecule has 0 aliphatic heterocycles. The first-order chi connectivity index (χ1) is 12.1. The second-order valence-corrected chi connectivity index (χ2v) is 5.94. The Morgan fingerprint density at radius 3 is 2.52 bits per heavy atom. The number of halogens is 1. The molecule has 0 radical (unpaired) electrons. The topological polar surface area (TPSA) is 47.6 Å². The zero-order valence-electron chi connectivity index (χ0n) is 14.6. The van der Waals surface area contributed by atoms with Crippen LogP contribution in [0.3, 0.4) is 0 Å². The van der Waals surface area contributed by atoms with E-state index in [2.05, 4.69) is 19.2 Å². The number of ether oxygens (including phenoxy) is 2. The van der Waals surface area contributed by atoms with Crippen molar-refractivity contribution < 1.29 is 18.7 Å². The van der Waals surface area contributed by atoms with Crippen LogP contribution in [0.4, 0.5) is 9.18 Å². The summed E-state index contributed by atoms with van der Waals surface area (Å²) in [7, 11) is 0. The second-order valence-electron chi connectivity index (χ2n) is 5.94. The highest BCUT2D eigenvalue weighted by atomic mass is 19.1. The van der Waals surface area contributed by atoms with Crippen molar-refractivity contribution in [3.8, 4) is 11.5 Å². The molecule has 0 bridgehead atoms. The maximum Gasteiger partial charge on any atom is 0.412 e. The number of amides is 1. The van der Waals surface area contributed by atoms with Crippen LogP contribution in [0.5, 0.6) is 11.5 Å². The van der Waals surface area contributed by atoms with Gasteiger partial charge in [0.15, 0.2) is 0 Å². The van der Waals surface area contributed by atoms with Crippen LogP contribution in [0.2, 0.25) is 0 Å². The molecule has 5 heteroatoms. The van der Waals surface area contributed by atoms with Gasteiger partial charge in [-0.1, -0.05) is 44.2 Å². The largest absolute Gasteiger partial charge is 0.491 e. The minimum Gasteiger partial charge on any atom is -0.491 e. The molecule has 25 heavy (non-hydrogen) atoms. The van der Waals surface area contributed by atoms with Gasteiger partial charge in [-0.3, -0.25) is 0 Å². The molecular weight excluding hydrogens is 321 g/mol. The molecule has 0 unspecified atom stereocenters. The Hall–Kier alpha value is -2.56. The average molecular weight is 345 g/mol. The summed E-state index contributed by atoms with van der Waals surface area (Å²) < 4.78 is 22.6. The van der Waals surface area contributed by atoms with Crippen molar-refractivity contribution in [1.82, 2.24) is 5.32 Å². The maximum absolute atomic E-state index is 12.0. The molecule has 4 nitrogen and oxygen atoms in total. The molecule has 0 aliphatic rings. The third-order valence-electron chi connectivity index (χ3n) is 3.70. The van der Waals surface area contributed by atoms with Crippen molar-refractivity contribution >= 4 is 6.09 Å². The van der Waals surface area contributed by atoms with Crippen molar-refractivity contribution in [2.24, 2.45) is 0 Å². The van der Waals surface area contributed by atoms with Crippen LogP contribution in [0.25, 0.3) is 0 Å². The highest BCUT2D eigenvalue weighted by Crippen LogP contribution is 2.25. The van der Waals surface area contributed by atoms with E-state index in [9.17, 15) is 9.18 Å². The molecular formula is C20H24FNO3. The van der Waals surface area contributed by atoms with Gasteiger partial charge in [-0.05, 0) is 41.7 Å². The van der Waals surface area contributed by atoms with E-state index >= 15 is 0 Å². The lowest BCUT2D eigenvalue weighted by molar-refractivity contribution is 0.200. The standard InChI is InChI=1S/C20H24FNO3/c1-15(2)18-5-3-4-6-19(18)25-20(23)22-13-11-16-7-9-17(10-8-16)24-14-12-21/h3-10,15H,11-14H2,1-2H3,(H,22,23). The first kappa shape index (κ1) is 18.8. The fourth-order valence-corrected chi connectivity index (χ4v) is 2.40. The lowest BCUT2D eigenvalue weighted by Gasteiger charge is -2.13. The Labute approximate surface area is 148 Å². The molecule has 0 aliphatic carbocycles. The maximum atomic E-state index is 12.0. The Bertz CT molecular complexity index is 671. The highest BCUT2D eigenvalue weighted by Gasteiger charge is 2.10. The number of benzene rings is 2. The molecule has 134 valence electrons. The fourth-order valence-electron chi connectivity index (χ4n) is 2.40. The summed E-state index contributed by atoms with van der Waals surface area (Å²) in [6, 6.07) is 14.9. The van der Waals surface area contributed by atoms with Crippen molar-refractivity contribution in [2.75, 3.05) is 19.8 Å². The number of carbonyl (C=O) groups is 1. The van der Waals surface area contributed by atoms with Gasteiger partial charge in [0.25, 0.3) is 0 Å². The summed E-state index contributed by atoms with van der Waals surface area (Å²) in [5, 5.41) is 2.75. The molecule has 0 fully saturated rings. The van der Waals surface area contributed by atoms with Gasteiger partial charge in [-0.25, -0.2) is 9.18 Å². The van der Waals surface area contributed by atoms with Crippen LogP contribution >= 0.6 is 0 Å². The van der Waals surface area contributed by atoms with Crippen LogP contribution in [0, 0.1) is 0 Å². The smallest absolute Gasteiger partial charge is 0.412 e. The van der Waals surface area contributed by atoms with Crippen LogP contribution in [-0.2, 0) is 6.42 Å². The fraction of sp³-hybridized carbons (Fsp3) is 0.350. The van der Waals surface area contributed by atoms with E-state index in [0.29, 0.717) is 24.5 Å². The zero-order valence-corrected chi connectivity index (χ0v) is 14.6. The van der Waals surface area contributed by atoms with Gasteiger partial charge in [0.05, 0.1) is 0 Å². The van der Waals surface area contributed by atoms with Crippen molar-refractivity contribution in [2.45, 2.75) is 26.2 Å². The van der Waals surface area contributed by atoms with Crippen molar-refractivity contribution in [3.05, 3.63) is 59.7 Å². The van der Waals surface area contributed by atoms with Crippen LogP contribution < -0.4 is 14.8 Å². The number of hydrogen-bond acceptors (Lipinski definition) is 3. The Kier molecular flexibility index (Phi) is 7.26. The van der Waals surface area contributed by atoms with Gasteiger partial charge in [0.2, 0.25) is 0 Å². The molecule has 0 heterocycles. The summed E-state index contributed by atoms with van der Waals surface area (Å²) >= 11 is 0. The molecule has 0 saturated carbocycles. The van der Waals surface area contributed by atoms with E-state index < -0.39 is 12.8 Å². The number of rotatable bonds is 8. The summed E-state index contributed by atoms with van der Waals surface area (Å²) in [6.45, 7) is 4.13. The first-order valence-corrected chi connectivity index (χ1v) is 8.42. The van der Waals surface area contributed by atoms with Crippen LogP contribution in [0.15, 0.2) is 48.5 Å². The van der Waals surface area contributed by atoms with Gasteiger partial charge in [-0.2, -0.15) is 0 Å². The molecule has 0 saturated heterocycles. The predicted octanol–water partition coefficient (Wildman–Crippen LogP) is 4.49. The number of carbonyl (C=O) groups excluding carboxylic acids is 1. The number of hydrogen-bond donors (Lipinski definition) is 1. The molecule has 0 spiro atoms. The lowest BCUT2D eigenvalue weighted by atomic mass is 10.0. The third kappa shape index (κ3) is 6.10. The van der Waals surface area contributed by atoms with Crippen LogP contribution in [-0.4, -0.2) is 25.9 Å². The monoisotopic (exact) mass is 345 g/mol. The second kappa shape index (κ2) is 9.67. The van der Waals surface area contributed by atoms with E-state index in [1.54, 1.807) is 18.2 Å². The SMILES string of the molecule is CC(C)c1ccccc1OC(=O)NCCc1ccc(OCCF)cc1. The molecule has 2 aromatic carbocycles. The number of para-hydroxylation sites is 1. The highest BCUT2D eigenvalue weighted by molar-refractivity contribution is 5.70. The van der Waals surface area contributed by atoms with E-state index in [1.165, 1.54) is 0 Å². The Morgan fingerprint density at radius 1 is 1.12 bits per heavy atom. The van der Waals surface area contributed by atoms with Crippen LogP contribution in [0.1, 0.15) is 30.9 Å². The average Bonchev–Trinajstić information content (AvgIpc) is 2.61. The Balaban J connectivity index is 1.79. The van der Waals surface area contributed by atoms with Gasteiger partial charge in [0.1, 0.15) is 24.8 Å². The van der Waals surface area contributed by atoms with E-state index in [1.807, 2.05) is 30.3 Å². The van der Waals surface area contributed by atoms with Crippen molar-refractivity contribution in [1.29, 1.82) is 0 Å². The molecule has 1 N–H and O–H groups in total. The number of alkyl halides is 1. The Morgan fingerprint density at radius 2 is 1.84 bits per heavy atom. The molecule has 0 aromatic heterocycles. The predicted molar refractivity (Wildman–Crippen MR) is 96.2 cm³/mol. The molecule has 2 rings (SSSR count). The van der Waals surface area contributed by atoms with E-state index in [4.69, 9.17) is 9.47 Å². The minimum absolute atomic E-state index is 0.0601. The zero-order chi connectivity index (χ0) is 18.1. The van der Waals surface area contributed by atoms with Gasteiger partial charge in [-0.15, -0.1) is 0 Å². The summed E-state index contributed by atoms with van der Waals surface area (Å²) in [6.07, 6.45) is 0.209. The van der Waals surface area contributed by atoms with E-state index in [0.717, 1.165) is 11.1 Å². The summed E-state index contributed by atoms with van der Waals surface area (Å²) in [4.78, 5) is 12.0. The normalized spacial score (nSPS) is 10.6. The van der Waals surface area contributed by atoms with Gasteiger partial charge in [0, 0.05) is 6.54 Å². The molecule has 0 atom stereocenters. The third-order valence-corrected chi connectivity index (χ3v) is 3.70. The quantitative estimate of drug-likeness (QED) is 0.767. The summed E-state index contributed by atoms with van der Waals surface area (Å²) in [5.41, 5.74) is 2.05. The number of nitrogens with one attached hydrogen (secondary N) is 1. The van der Waals surface area contributed by atoms with Crippen molar-refractivity contribution in [3.63, 3.8) is 0 Å².